The van der Waals surface area contributed by atoms with Crippen molar-refractivity contribution in [1.82, 2.24) is 19.9 Å². The number of hydrogen-bond acceptors (Lipinski definition) is 8. The van der Waals surface area contributed by atoms with Crippen LogP contribution in [0.2, 0.25) is 0 Å². The Labute approximate surface area is 263 Å². The van der Waals surface area contributed by atoms with Gasteiger partial charge >= 0.3 is 24.2 Å². The van der Waals surface area contributed by atoms with Crippen LogP contribution in [-0.2, 0) is 41.4 Å². The second-order valence-corrected chi connectivity index (χ2v) is 11.2. The van der Waals surface area contributed by atoms with Crippen molar-refractivity contribution in [2.75, 3.05) is 14.2 Å². The molecule has 1 aliphatic heterocycles. The van der Waals surface area contributed by atoms with Gasteiger partial charge < -0.3 is 38.9 Å². The average Bonchev–Trinajstić information content (AvgIpc) is 3.71. The molecule has 4 N–H and O–H groups in total. The fraction of sp³-hybridized carbons (Fsp3) is 0.294. The van der Waals surface area contributed by atoms with Crippen molar-refractivity contribution in [3.05, 3.63) is 89.7 Å². The van der Waals surface area contributed by atoms with E-state index in [2.05, 4.69) is 47.6 Å². The summed E-state index contributed by atoms with van der Waals surface area (Å²) >= 11 is 0. The Morgan fingerprint density at radius 2 is 1.22 bits per heavy atom. The molecule has 1 aliphatic rings. The van der Waals surface area contributed by atoms with Crippen LogP contribution in [0.5, 0.6) is 0 Å². The highest BCUT2D eigenvalue weighted by Crippen LogP contribution is 2.22. The maximum Gasteiger partial charge on any atom is 0.515 e. The standard InChI is InChI=1S/C34H36N4O8/c1-17-11-22-14-27-19(3)23(7-9-31(39)45-33(41)43-5)29(37-27)16-30-24(8-10-32(40)46-34(42)44-6)20(4)28(38-30)15-26-18(2)12-21(36-26)13-25(17)35-22/h11-16,35-38H,7-10H2,1-6H3. The summed E-state index contributed by atoms with van der Waals surface area (Å²) in [6, 6.07) is 4.15. The molecule has 0 aromatic carbocycles. The molecular weight excluding hydrogens is 592 g/mol. The lowest BCUT2D eigenvalue weighted by atomic mass is 10.0. The third kappa shape index (κ3) is 6.90. The van der Waals surface area contributed by atoms with Crippen LogP contribution in [0.15, 0.2) is 12.1 Å². The molecule has 0 amide bonds. The highest BCUT2D eigenvalue weighted by molar-refractivity contribution is 5.82. The molecular formula is C34H36N4O8. The molecule has 46 heavy (non-hydrogen) atoms. The predicted molar refractivity (Wildman–Crippen MR) is 169 cm³/mol. The van der Waals surface area contributed by atoms with Gasteiger partial charge in [0, 0.05) is 44.2 Å². The van der Waals surface area contributed by atoms with Crippen LogP contribution in [0.3, 0.4) is 0 Å². The van der Waals surface area contributed by atoms with E-state index in [9.17, 15) is 19.2 Å². The van der Waals surface area contributed by atoms with Gasteiger partial charge in [0.15, 0.2) is 0 Å². The molecule has 0 aliphatic carbocycles. The number of aromatic nitrogens is 4. The fourth-order valence-electron chi connectivity index (χ4n) is 5.62. The number of ether oxygens (including phenoxy) is 4. The lowest BCUT2D eigenvalue weighted by Crippen LogP contribution is -2.16. The molecule has 12 heteroatoms. The predicted octanol–water partition coefficient (Wildman–Crippen LogP) is 2.35. The van der Waals surface area contributed by atoms with E-state index >= 15 is 0 Å². The molecule has 4 aromatic heterocycles. The summed E-state index contributed by atoms with van der Waals surface area (Å²) in [5.74, 6) is -1.42. The lowest BCUT2D eigenvalue weighted by molar-refractivity contribution is -0.140. The van der Waals surface area contributed by atoms with Crippen molar-refractivity contribution in [3.8, 4) is 0 Å². The van der Waals surface area contributed by atoms with Crippen LogP contribution in [0.25, 0.3) is 24.3 Å². The van der Waals surface area contributed by atoms with Crippen molar-refractivity contribution in [2.45, 2.75) is 53.4 Å². The first kappa shape index (κ1) is 31.9. The summed E-state index contributed by atoms with van der Waals surface area (Å²) in [4.78, 5) is 61.8. The SMILES string of the molecule is COC(=O)OC(=O)CCc1c2[nH]c(c1C)C=c1[nH]c(cc1C)=Cc1[nH]c(cc1C)C=c1[nH]c(c(CCC(=O)OC(=O)OC)c1C)=C2. The van der Waals surface area contributed by atoms with Gasteiger partial charge in [-0.3, -0.25) is 9.59 Å². The second-order valence-electron chi connectivity index (χ2n) is 11.2. The zero-order chi connectivity index (χ0) is 33.1. The highest BCUT2D eigenvalue weighted by atomic mass is 16.7. The number of aryl methyl sites for hydroxylation is 2. The smallest absolute Gasteiger partial charge is 0.437 e. The first-order valence-electron chi connectivity index (χ1n) is 14.7. The van der Waals surface area contributed by atoms with Crippen molar-refractivity contribution in [3.63, 3.8) is 0 Å². The topological polar surface area (TPSA) is 168 Å². The lowest BCUT2D eigenvalue weighted by Gasteiger charge is -2.04. The Bertz CT molecular complexity index is 2100. The molecule has 0 spiro atoms. The molecule has 0 radical (unpaired) electrons. The number of nitrogens with one attached hydrogen (secondary N) is 4. The number of aromatic amines is 4. The fourth-order valence-corrected chi connectivity index (χ4v) is 5.62. The Hall–Kier alpha value is -5.52. The third-order valence-electron chi connectivity index (χ3n) is 8.12. The summed E-state index contributed by atoms with van der Waals surface area (Å²) in [6.07, 6.45) is 6.36. The van der Waals surface area contributed by atoms with Crippen molar-refractivity contribution in [1.29, 1.82) is 0 Å². The Morgan fingerprint density at radius 3 is 1.87 bits per heavy atom. The molecule has 0 atom stereocenters. The normalized spacial score (nSPS) is 11.8. The number of esters is 2. The molecule has 0 saturated heterocycles. The molecule has 240 valence electrons. The number of carbonyl (C=O) groups is 4. The van der Waals surface area contributed by atoms with E-state index in [-0.39, 0.29) is 25.7 Å². The van der Waals surface area contributed by atoms with Gasteiger partial charge in [-0.25, -0.2) is 9.59 Å². The van der Waals surface area contributed by atoms with Crippen LogP contribution >= 0.6 is 0 Å². The van der Waals surface area contributed by atoms with Gasteiger partial charge in [0.25, 0.3) is 0 Å². The summed E-state index contributed by atoms with van der Waals surface area (Å²) in [5.41, 5.74) is 9.11. The molecule has 5 rings (SSSR count). The zero-order valence-corrected chi connectivity index (χ0v) is 26.6. The van der Waals surface area contributed by atoms with E-state index in [0.29, 0.717) is 0 Å². The van der Waals surface area contributed by atoms with Crippen molar-refractivity contribution >= 4 is 48.6 Å². The van der Waals surface area contributed by atoms with E-state index in [1.54, 1.807) is 0 Å². The van der Waals surface area contributed by atoms with E-state index in [1.165, 1.54) is 0 Å². The minimum atomic E-state index is -1.06. The summed E-state index contributed by atoms with van der Waals surface area (Å²) in [7, 11) is 2.28. The molecule has 0 unspecified atom stereocenters. The molecule has 5 heterocycles. The Balaban J connectivity index is 1.70. The van der Waals surface area contributed by atoms with Crippen molar-refractivity contribution in [2.24, 2.45) is 0 Å². The molecule has 0 fully saturated rings. The number of H-pyrrole nitrogens is 4. The number of hydrogen-bond donors (Lipinski definition) is 4. The van der Waals surface area contributed by atoms with Gasteiger partial charge in [0.1, 0.15) is 0 Å². The van der Waals surface area contributed by atoms with Gasteiger partial charge in [-0.15, -0.1) is 0 Å². The minimum Gasteiger partial charge on any atom is -0.437 e. The van der Waals surface area contributed by atoms with Crippen molar-refractivity contribution < 1.29 is 38.1 Å². The Kier molecular flexibility index (Phi) is 9.17. The van der Waals surface area contributed by atoms with Crippen LogP contribution in [0.4, 0.5) is 9.59 Å². The zero-order valence-electron chi connectivity index (χ0n) is 26.6. The average molecular weight is 629 g/mol. The monoisotopic (exact) mass is 628 g/mol. The van der Waals surface area contributed by atoms with Gasteiger partial charge in [-0.05, 0) is 110 Å². The largest absolute Gasteiger partial charge is 0.515 e. The van der Waals surface area contributed by atoms with E-state index in [4.69, 9.17) is 9.47 Å². The second kappa shape index (κ2) is 13.2. The van der Waals surface area contributed by atoms with Gasteiger partial charge in [0.2, 0.25) is 0 Å². The molecule has 4 aromatic rings. The first-order valence-corrected chi connectivity index (χ1v) is 14.7. The van der Waals surface area contributed by atoms with Gasteiger partial charge in [-0.2, -0.15) is 0 Å². The first-order chi connectivity index (χ1) is 21.9. The number of methoxy groups -OCH3 is 2. The van der Waals surface area contributed by atoms with Crippen LogP contribution in [-0.4, -0.2) is 58.4 Å². The molecule has 8 bridgehead atoms. The molecule has 0 saturated carbocycles. The van der Waals surface area contributed by atoms with Crippen LogP contribution in [0, 0.1) is 27.7 Å². The number of rotatable bonds is 6. The summed E-state index contributed by atoms with van der Waals surface area (Å²) < 4.78 is 18.3. The summed E-state index contributed by atoms with van der Waals surface area (Å²) in [6.45, 7) is 8.00. The number of fused-ring (bicyclic) bond motifs is 8. The van der Waals surface area contributed by atoms with Crippen LogP contribution in [0.1, 0.15) is 69.0 Å². The van der Waals surface area contributed by atoms with E-state index in [0.717, 1.165) is 91.8 Å². The Morgan fingerprint density at radius 1 is 0.587 bits per heavy atom. The van der Waals surface area contributed by atoms with E-state index in [1.807, 2.05) is 45.9 Å². The van der Waals surface area contributed by atoms with Crippen LogP contribution < -0.4 is 21.4 Å². The molecule has 12 nitrogen and oxygen atoms in total. The maximum atomic E-state index is 12.4. The third-order valence-corrected chi connectivity index (χ3v) is 8.12. The van der Waals surface area contributed by atoms with E-state index < -0.39 is 24.2 Å². The number of carbonyl (C=O) groups excluding carboxylic acids is 4. The quantitative estimate of drug-likeness (QED) is 0.164. The summed E-state index contributed by atoms with van der Waals surface area (Å²) in [5, 5.41) is 3.43. The van der Waals surface area contributed by atoms with Gasteiger partial charge in [0.05, 0.1) is 27.1 Å². The highest BCUT2D eigenvalue weighted by Gasteiger charge is 2.18. The van der Waals surface area contributed by atoms with Gasteiger partial charge in [-0.1, -0.05) is 0 Å². The maximum absolute atomic E-state index is 12.4. The minimum absolute atomic E-state index is 0.0575.